The molecule has 5 heteroatoms. The number of imidazole rings is 1. The van der Waals surface area contributed by atoms with Gasteiger partial charge in [-0.3, -0.25) is 0 Å². The monoisotopic (exact) mass is 332 g/mol. The molecule has 126 valence electrons. The largest absolute Gasteiger partial charge is 0.497 e. The minimum absolute atomic E-state index is 0.276. The predicted octanol–water partition coefficient (Wildman–Crippen LogP) is 4.63. The molecule has 0 N–H and O–H groups in total. The lowest BCUT2D eigenvalue weighted by Gasteiger charge is -2.15. The van der Waals surface area contributed by atoms with E-state index in [0.717, 1.165) is 40.2 Å². The SMILES string of the molecule is CC[C@H](C)n1c(-c2ccc(OC)cc2)nc2nc3ccccc3nc21. The van der Waals surface area contributed by atoms with Gasteiger partial charge in [0.05, 0.1) is 18.1 Å². The first-order chi connectivity index (χ1) is 12.2. The molecule has 0 unspecified atom stereocenters. The Morgan fingerprint density at radius 1 is 0.960 bits per heavy atom. The number of aromatic nitrogens is 4. The first kappa shape index (κ1) is 15.6. The zero-order chi connectivity index (χ0) is 17.4. The fourth-order valence-corrected chi connectivity index (χ4v) is 3.02. The Hall–Kier alpha value is -2.95. The van der Waals surface area contributed by atoms with E-state index in [9.17, 15) is 0 Å². The van der Waals surface area contributed by atoms with Crippen LogP contribution in [0, 0.1) is 0 Å². The Bertz CT molecular complexity index is 1040. The van der Waals surface area contributed by atoms with Crippen LogP contribution >= 0.6 is 0 Å². The maximum absolute atomic E-state index is 5.26. The molecule has 0 amide bonds. The summed E-state index contributed by atoms with van der Waals surface area (Å²) in [6.07, 6.45) is 0.989. The van der Waals surface area contributed by atoms with Gasteiger partial charge in [-0.15, -0.1) is 0 Å². The summed E-state index contributed by atoms with van der Waals surface area (Å²) in [4.78, 5) is 14.4. The smallest absolute Gasteiger partial charge is 0.198 e. The van der Waals surface area contributed by atoms with Crippen molar-refractivity contribution in [3.05, 3.63) is 48.5 Å². The van der Waals surface area contributed by atoms with Gasteiger partial charge in [-0.25, -0.2) is 15.0 Å². The van der Waals surface area contributed by atoms with Gasteiger partial charge >= 0.3 is 0 Å². The van der Waals surface area contributed by atoms with Gasteiger partial charge in [0.15, 0.2) is 11.3 Å². The predicted molar refractivity (Wildman–Crippen MR) is 99.8 cm³/mol. The summed E-state index contributed by atoms with van der Waals surface area (Å²) in [7, 11) is 1.67. The second-order valence-corrected chi connectivity index (χ2v) is 6.15. The average Bonchev–Trinajstić information content (AvgIpc) is 3.03. The van der Waals surface area contributed by atoms with Crippen molar-refractivity contribution < 1.29 is 4.74 Å². The fraction of sp³-hybridized carbons (Fsp3) is 0.250. The van der Waals surface area contributed by atoms with E-state index in [-0.39, 0.29) is 6.04 Å². The molecule has 4 rings (SSSR count). The van der Waals surface area contributed by atoms with E-state index >= 15 is 0 Å². The summed E-state index contributed by atoms with van der Waals surface area (Å²) in [6.45, 7) is 4.35. The molecule has 2 aromatic carbocycles. The van der Waals surface area contributed by atoms with E-state index in [2.05, 4.69) is 18.4 Å². The van der Waals surface area contributed by atoms with Crippen LogP contribution in [0.4, 0.5) is 0 Å². The van der Waals surface area contributed by atoms with E-state index in [4.69, 9.17) is 19.7 Å². The molecule has 0 saturated carbocycles. The zero-order valence-corrected chi connectivity index (χ0v) is 14.6. The van der Waals surface area contributed by atoms with Crippen LogP contribution in [-0.2, 0) is 0 Å². The van der Waals surface area contributed by atoms with Crippen LogP contribution in [-0.4, -0.2) is 26.6 Å². The third-order valence-corrected chi connectivity index (χ3v) is 4.58. The van der Waals surface area contributed by atoms with E-state index in [1.54, 1.807) is 7.11 Å². The topological polar surface area (TPSA) is 52.8 Å². The van der Waals surface area contributed by atoms with Crippen molar-refractivity contribution in [1.82, 2.24) is 19.5 Å². The third kappa shape index (κ3) is 2.61. The summed E-state index contributed by atoms with van der Waals surface area (Å²) < 4.78 is 7.45. The molecule has 25 heavy (non-hydrogen) atoms. The number of hydrogen-bond donors (Lipinski definition) is 0. The minimum atomic E-state index is 0.276. The van der Waals surface area contributed by atoms with Crippen LogP contribution in [0.1, 0.15) is 26.3 Å². The highest BCUT2D eigenvalue weighted by Crippen LogP contribution is 2.30. The molecule has 4 aromatic rings. The van der Waals surface area contributed by atoms with Crippen molar-refractivity contribution in [2.45, 2.75) is 26.3 Å². The van der Waals surface area contributed by atoms with Crippen molar-refractivity contribution in [3.63, 3.8) is 0 Å². The number of fused-ring (bicyclic) bond motifs is 2. The van der Waals surface area contributed by atoms with Gasteiger partial charge in [0.25, 0.3) is 0 Å². The second-order valence-electron chi connectivity index (χ2n) is 6.15. The third-order valence-electron chi connectivity index (χ3n) is 4.58. The quantitative estimate of drug-likeness (QED) is 0.547. The molecular weight excluding hydrogens is 312 g/mol. The molecule has 0 aliphatic heterocycles. The molecule has 2 aromatic heterocycles. The molecule has 5 nitrogen and oxygen atoms in total. The highest BCUT2D eigenvalue weighted by atomic mass is 16.5. The number of methoxy groups -OCH3 is 1. The van der Waals surface area contributed by atoms with Crippen LogP contribution in [0.5, 0.6) is 5.75 Å². The number of benzene rings is 2. The van der Waals surface area contributed by atoms with Gasteiger partial charge in [-0.1, -0.05) is 19.1 Å². The molecule has 0 aliphatic carbocycles. The van der Waals surface area contributed by atoms with Crippen LogP contribution in [0.2, 0.25) is 0 Å². The van der Waals surface area contributed by atoms with Crippen LogP contribution < -0.4 is 4.74 Å². The lowest BCUT2D eigenvalue weighted by Crippen LogP contribution is -2.07. The van der Waals surface area contributed by atoms with Crippen LogP contribution in [0.25, 0.3) is 33.7 Å². The van der Waals surface area contributed by atoms with E-state index < -0.39 is 0 Å². The zero-order valence-electron chi connectivity index (χ0n) is 14.6. The Morgan fingerprint density at radius 2 is 1.64 bits per heavy atom. The van der Waals surface area contributed by atoms with E-state index in [1.165, 1.54) is 0 Å². The summed E-state index contributed by atoms with van der Waals surface area (Å²) >= 11 is 0. The van der Waals surface area contributed by atoms with Gasteiger partial charge in [-0.05, 0) is 49.7 Å². The molecule has 0 aliphatic rings. The molecule has 0 radical (unpaired) electrons. The number of nitrogens with zero attached hydrogens (tertiary/aromatic N) is 4. The van der Waals surface area contributed by atoms with Gasteiger partial charge in [-0.2, -0.15) is 0 Å². The van der Waals surface area contributed by atoms with Gasteiger partial charge in [0, 0.05) is 11.6 Å². The van der Waals surface area contributed by atoms with E-state index in [0.29, 0.717) is 5.65 Å². The average molecular weight is 332 g/mol. The van der Waals surface area contributed by atoms with Crippen LogP contribution in [0.15, 0.2) is 48.5 Å². The van der Waals surface area contributed by atoms with Crippen LogP contribution in [0.3, 0.4) is 0 Å². The number of para-hydroxylation sites is 2. The Balaban J connectivity index is 1.99. The fourth-order valence-electron chi connectivity index (χ4n) is 3.02. The highest BCUT2D eigenvalue weighted by Gasteiger charge is 2.19. The normalized spacial score (nSPS) is 12.6. The summed E-state index contributed by atoms with van der Waals surface area (Å²) in [5.74, 6) is 1.72. The molecule has 0 bridgehead atoms. The molecule has 0 saturated heterocycles. The van der Waals surface area contributed by atoms with Crippen molar-refractivity contribution in [2.75, 3.05) is 7.11 Å². The van der Waals surface area contributed by atoms with Gasteiger partial charge in [0.1, 0.15) is 11.6 Å². The van der Waals surface area contributed by atoms with Crippen molar-refractivity contribution in [1.29, 1.82) is 0 Å². The highest BCUT2D eigenvalue weighted by molar-refractivity contribution is 5.85. The Kier molecular flexibility index (Phi) is 3.84. The number of rotatable bonds is 4. The van der Waals surface area contributed by atoms with Crippen molar-refractivity contribution >= 4 is 22.3 Å². The molecule has 1 atom stereocenters. The van der Waals surface area contributed by atoms with Crippen molar-refractivity contribution in [3.8, 4) is 17.1 Å². The number of ether oxygens (including phenoxy) is 1. The van der Waals surface area contributed by atoms with E-state index in [1.807, 2.05) is 48.5 Å². The first-order valence-corrected chi connectivity index (χ1v) is 8.50. The Labute approximate surface area is 146 Å². The van der Waals surface area contributed by atoms with Gasteiger partial charge < -0.3 is 9.30 Å². The summed E-state index contributed by atoms with van der Waals surface area (Å²) in [6, 6.07) is 16.1. The maximum atomic E-state index is 5.26. The first-order valence-electron chi connectivity index (χ1n) is 8.50. The lowest BCUT2D eigenvalue weighted by atomic mass is 10.2. The minimum Gasteiger partial charge on any atom is -0.497 e. The number of hydrogen-bond acceptors (Lipinski definition) is 4. The van der Waals surface area contributed by atoms with Gasteiger partial charge in [0.2, 0.25) is 0 Å². The molecule has 2 heterocycles. The summed E-state index contributed by atoms with van der Waals surface area (Å²) in [5.41, 5.74) is 4.31. The second kappa shape index (κ2) is 6.16. The molecule has 0 spiro atoms. The molecule has 0 fully saturated rings. The summed E-state index contributed by atoms with van der Waals surface area (Å²) in [5, 5.41) is 0. The van der Waals surface area contributed by atoms with Crippen molar-refractivity contribution in [2.24, 2.45) is 0 Å². The Morgan fingerprint density at radius 3 is 2.28 bits per heavy atom. The standard InChI is InChI=1S/C20H20N4O/c1-4-13(2)24-19(14-9-11-15(25-3)12-10-14)23-18-20(24)22-17-8-6-5-7-16(17)21-18/h5-13H,4H2,1-3H3/t13-/m0/s1. The maximum Gasteiger partial charge on any atom is 0.198 e. The molecular formula is C20H20N4O. The lowest BCUT2D eigenvalue weighted by molar-refractivity contribution is 0.415.